The summed E-state index contributed by atoms with van der Waals surface area (Å²) < 4.78 is 33.2. The van der Waals surface area contributed by atoms with Crippen molar-refractivity contribution in [2.75, 3.05) is 6.67 Å². The van der Waals surface area contributed by atoms with Crippen molar-refractivity contribution in [3.8, 4) is 0 Å². The maximum atomic E-state index is 12.2. The third-order valence-electron chi connectivity index (χ3n) is 1.87. The number of alkyl halides is 1. The van der Waals surface area contributed by atoms with E-state index in [9.17, 15) is 13.2 Å². The Balaban J connectivity index is 2.87. The van der Waals surface area contributed by atoms with Gasteiger partial charge in [0.25, 0.3) is 0 Å². The summed E-state index contributed by atoms with van der Waals surface area (Å²) in [4.78, 5) is 0.231. The predicted molar refractivity (Wildman–Crippen MR) is 48.0 cm³/mol. The van der Waals surface area contributed by atoms with Crippen molar-refractivity contribution in [1.29, 1.82) is 0 Å². The quantitative estimate of drug-likeness (QED) is 0.702. The lowest BCUT2D eigenvalue weighted by Crippen LogP contribution is -1.96. The molecule has 4 heteroatoms. The second-order valence-corrected chi connectivity index (χ2v) is 3.80. The SMILES string of the molecule is CC(CF)c1ccc(S(=O)[O-])cc1. The highest BCUT2D eigenvalue weighted by Crippen LogP contribution is 2.17. The van der Waals surface area contributed by atoms with Crippen LogP contribution < -0.4 is 0 Å². The van der Waals surface area contributed by atoms with Crippen LogP contribution in [0.1, 0.15) is 18.4 Å². The van der Waals surface area contributed by atoms with E-state index in [0.717, 1.165) is 5.56 Å². The Hall–Kier alpha value is -0.740. The summed E-state index contributed by atoms with van der Waals surface area (Å²) in [6, 6.07) is 6.22. The van der Waals surface area contributed by atoms with Crippen LogP contribution in [0.4, 0.5) is 4.39 Å². The first-order chi connectivity index (χ1) is 6.15. The van der Waals surface area contributed by atoms with Crippen molar-refractivity contribution < 1.29 is 13.2 Å². The highest BCUT2D eigenvalue weighted by molar-refractivity contribution is 7.79. The van der Waals surface area contributed by atoms with Crippen LogP contribution in [-0.4, -0.2) is 15.4 Å². The first-order valence-electron chi connectivity index (χ1n) is 3.90. The molecule has 0 saturated carbocycles. The van der Waals surface area contributed by atoms with Crippen LogP contribution in [0.15, 0.2) is 29.2 Å². The van der Waals surface area contributed by atoms with Crippen LogP contribution in [-0.2, 0) is 11.1 Å². The lowest BCUT2D eigenvalue weighted by molar-refractivity contribution is 0.447. The van der Waals surface area contributed by atoms with Gasteiger partial charge in [-0.1, -0.05) is 19.1 Å². The second kappa shape index (κ2) is 4.48. The second-order valence-electron chi connectivity index (χ2n) is 2.86. The van der Waals surface area contributed by atoms with Crippen molar-refractivity contribution in [2.24, 2.45) is 0 Å². The molecule has 0 aliphatic rings. The molecule has 2 unspecified atom stereocenters. The zero-order valence-electron chi connectivity index (χ0n) is 7.20. The van der Waals surface area contributed by atoms with E-state index >= 15 is 0 Å². The maximum absolute atomic E-state index is 12.2. The van der Waals surface area contributed by atoms with Crippen LogP contribution in [0.3, 0.4) is 0 Å². The molecule has 0 radical (unpaired) electrons. The molecule has 0 aromatic heterocycles. The van der Waals surface area contributed by atoms with Crippen LogP contribution in [0, 0.1) is 0 Å². The summed E-state index contributed by atoms with van der Waals surface area (Å²) in [5.74, 6) is -0.172. The highest BCUT2D eigenvalue weighted by Gasteiger charge is 2.03. The molecule has 0 heterocycles. The molecule has 0 fully saturated rings. The van der Waals surface area contributed by atoms with Gasteiger partial charge in [0.15, 0.2) is 0 Å². The molecule has 72 valence electrons. The summed E-state index contributed by atoms with van der Waals surface area (Å²) in [6.45, 7) is 1.32. The third kappa shape index (κ3) is 2.60. The van der Waals surface area contributed by atoms with Crippen molar-refractivity contribution in [3.63, 3.8) is 0 Å². The van der Waals surface area contributed by atoms with Gasteiger partial charge >= 0.3 is 0 Å². The molecule has 1 aromatic carbocycles. The first-order valence-corrected chi connectivity index (χ1v) is 4.98. The lowest BCUT2D eigenvalue weighted by atomic mass is 10.0. The van der Waals surface area contributed by atoms with E-state index in [1.54, 1.807) is 19.1 Å². The molecule has 0 aliphatic carbocycles. The fourth-order valence-corrected chi connectivity index (χ4v) is 1.35. The van der Waals surface area contributed by atoms with Gasteiger partial charge in [-0.15, -0.1) is 0 Å². The van der Waals surface area contributed by atoms with E-state index in [0.29, 0.717) is 0 Å². The molecule has 0 amide bonds. The molecular formula is C9H10FO2S-. The highest BCUT2D eigenvalue weighted by atomic mass is 32.2. The third-order valence-corrected chi connectivity index (χ3v) is 2.53. The van der Waals surface area contributed by atoms with Gasteiger partial charge in [-0.05, 0) is 28.8 Å². The zero-order chi connectivity index (χ0) is 9.84. The molecule has 13 heavy (non-hydrogen) atoms. The maximum Gasteiger partial charge on any atom is 0.0960 e. The molecule has 0 saturated heterocycles. The molecule has 2 nitrogen and oxygen atoms in total. The van der Waals surface area contributed by atoms with E-state index in [2.05, 4.69) is 0 Å². The van der Waals surface area contributed by atoms with Crippen LogP contribution in [0.2, 0.25) is 0 Å². The smallest absolute Gasteiger partial charge is 0.0960 e. The molecule has 2 atom stereocenters. The molecule has 0 bridgehead atoms. The van der Waals surface area contributed by atoms with E-state index in [-0.39, 0.29) is 10.8 Å². The normalized spacial score (nSPS) is 15.3. The standard InChI is InChI=1S/C9H11FO2S/c1-7(6-10)8-2-4-9(5-3-8)13(11)12/h2-5,7H,6H2,1H3,(H,11,12)/p-1. The van der Waals surface area contributed by atoms with Crippen molar-refractivity contribution in [2.45, 2.75) is 17.7 Å². The molecule has 1 aromatic rings. The Bertz CT molecular complexity index is 297. The Morgan fingerprint density at radius 2 is 2.00 bits per heavy atom. The minimum atomic E-state index is -2.20. The van der Waals surface area contributed by atoms with Gasteiger partial charge in [0.1, 0.15) is 0 Å². The van der Waals surface area contributed by atoms with Gasteiger partial charge in [0.05, 0.1) is 6.67 Å². The van der Waals surface area contributed by atoms with Gasteiger partial charge < -0.3 is 4.55 Å². The number of hydrogen-bond acceptors (Lipinski definition) is 2. The van der Waals surface area contributed by atoms with Gasteiger partial charge in [0, 0.05) is 10.8 Å². The van der Waals surface area contributed by atoms with Crippen LogP contribution in [0.5, 0.6) is 0 Å². The van der Waals surface area contributed by atoms with Crippen LogP contribution >= 0.6 is 0 Å². The monoisotopic (exact) mass is 201 g/mol. The minimum absolute atomic E-state index is 0.172. The summed E-state index contributed by atoms with van der Waals surface area (Å²) in [6.07, 6.45) is 0. The van der Waals surface area contributed by atoms with Crippen molar-refractivity contribution in [1.82, 2.24) is 0 Å². The number of hydrogen-bond donors (Lipinski definition) is 0. The average Bonchev–Trinajstić information content (AvgIpc) is 2.17. The van der Waals surface area contributed by atoms with E-state index < -0.39 is 17.8 Å². The summed E-state index contributed by atoms with van der Waals surface area (Å²) >= 11 is -2.20. The number of halogens is 1. The van der Waals surface area contributed by atoms with Crippen molar-refractivity contribution in [3.05, 3.63) is 29.8 Å². The van der Waals surface area contributed by atoms with Crippen molar-refractivity contribution >= 4 is 11.1 Å². The summed E-state index contributed by atoms with van der Waals surface area (Å²) in [5.41, 5.74) is 0.816. The molecule has 1 rings (SSSR count). The zero-order valence-corrected chi connectivity index (χ0v) is 8.01. The molecule has 0 spiro atoms. The van der Waals surface area contributed by atoms with Gasteiger partial charge in [-0.2, -0.15) is 0 Å². The fraction of sp³-hybridized carbons (Fsp3) is 0.333. The number of rotatable bonds is 3. The largest absolute Gasteiger partial charge is 0.768 e. The average molecular weight is 201 g/mol. The Morgan fingerprint density at radius 3 is 2.38 bits per heavy atom. The summed E-state index contributed by atoms with van der Waals surface area (Å²) in [7, 11) is 0. The topological polar surface area (TPSA) is 40.1 Å². The Labute approximate surface area is 79.1 Å². The van der Waals surface area contributed by atoms with Gasteiger partial charge in [-0.25, -0.2) is 0 Å². The van der Waals surface area contributed by atoms with E-state index in [1.807, 2.05) is 0 Å². The van der Waals surface area contributed by atoms with Crippen LogP contribution in [0.25, 0.3) is 0 Å². The van der Waals surface area contributed by atoms with Gasteiger partial charge in [0.2, 0.25) is 0 Å². The summed E-state index contributed by atoms with van der Waals surface area (Å²) in [5, 5.41) is 0. The van der Waals surface area contributed by atoms with E-state index in [1.165, 1.54) is 12.1 Å². The van der Waals surface area contributed by atoms with E-state index in [4.69, 9.17) is 0 Å². The molecule has 0 aliphatic heterocycles. The number of benzene rings is 1. The Kier molecular flexibility index (Phi) is 3.57. The Morgan fingerprint density at radius 1 is 1.46 bits per heavy atom. The minimum Gasteiger partial charge on any atom is -0.768 e. The predicted octanol–water partition coefficient (Wildman–Crippen LogP) is 2.00. The first kappa shape index (κ1) is 10.3. The molecular weight excluding hydrogens is 191 g/mol. The molecule has 0 N–H and O–H groups in total. The fourth-order valence-electron chi connectivity index (χ4n) is 0.997. The lowest BCUT2D eigenvalue weighted by Gasteiger charge is -2.09. The van der Waals surface area contributed by atoms with Gasteiger partial charge in [-0.3, -0.25) is 8.60 Å².